The molecule has 0 aliphatic rings. The first kappa shape index (κ1) is 11.6. The molecule has 0 bridgehead atoms. The molecule has 0 fully saturated rings. The minimum atomic E-state index is -4.71. The van der Waals surface area contributed by atoms with Crippen LogP contribution in [0, 0.1) is 6.92 Å². The second kappa shape index (κ2) is 3.86. The van der Waals surface area contributed by atoms with Gasteiger partial charge in [-0.3, -0.25) is 9.35 Å². The Balaban J connectivity index is 2.77. The Labute approximate surface area is 96.8 Å². The van der Waals surface area contributed by atoms with Crippen LogP contribution in [0.5, 0.6) is 5.75 Å². The lowest BCUT2D eigenvalue weighted by atomic mass is 10.2. The second-order valence-electron chi connectivity index (χ2n) is 3.46. The Kier molecular flexibility index (Phi) is 2.64. The fourth-order valence-corrected chi connectivity index (χ4v) is 1.96. The van der Waals surface area contributed by atoms with Crippen molar-refractivity contribution in [2.45, 2.75) is 6.92 Å². The highest BCUT2D eigenvalue weighted by Crippen LogP contribution is 2.17. The minimum absolute atomic E-state index is 0.228. The number of hydrogen-bond donors (Lipinski definition) is 2. The number of para-hydroxylation sites is 1. The highest BCUT2D eigenvalue weighted by molar-refractivity contribution is 7.81. The molecule has 0 spiro atoms. The molecular formula is C10H9NO5S. The summed E-state index contributed by atoms with van der Waals surface area (Å²) in [7, 11) is -4.71. The summed E-state index contributed by atoms with van der Waals surface area (Å²) in [5.74, 6) is -0.425. The summed E-state index contributed by atoms with van der Waals surface area (Å²) in [6.07, 6.45) is 0. The number of nitrogens with one attached hydrogen (secondary N) is 1. The van der Waals surface area contributed by atoms with Gasteiger partial charge in [0.05, 0.1) is 5.69 Å². The monoisotopic (exact) mass is 255 g/mol. The fraction of sp³-hybridized carbons (Fsp3) is 0.100. The maximum atomic E-state index is 11.9. The Hall–Kier alpha value is -1.86. The molecule has 1 aromatic carbocycles. The van der Waals surface area contributed by atoms with E-state index in [2.05, 4.69) is 9.17 Å². The summed E-state index contributed by atoms with van der Waals surface area (Å²) in [4.78, 5) is 14.7. The number of benzene rings is 1. The Bertz CT molecular complexity index is 732. The van der Waals surface area contributed by atoms with Gasteiger partial charge in [-0.15, -0.1) is 0 Å². The van der Waals surface area contributed by atoms with Gasteiger partial charge in [-0.2, -0.15) is 8.42 Å². The van der Waals surface area contributed by atoms with Gasteiger partial charge < -0.3 is 9.17 Å². The van der Waals surface area contributed by atoms with Gasteiger partial charge in [-0.1, -0.05) is 12.1 Å². The maximum Gasteiger partial charge on any atom is 0.446 e. The number of aromatic nitrogens is 1. The van der Waals surface area contributed by atoms with E-state index in [4.69, 9.17) is 4.55 Å². The van der Waals surface area contributed by atoms with Crippen molar-refractivity contribution in [2.24, 2.45) is 0 Å². The van der Waals surface area contributed by atoms with Gasteiger partial charge in [-0.25, -0.2) is 0 Å². The van der Waals surface area contributed by atoms with E-state index >= 15 is 0 Å². The molecule has 0 unspecified atom stereocenters. The van der Waals surface area contributed by atoms with Crippen LogP contribution >= 0.6 is 0 Å². The van der Waals surface area contributed by atoms with Gasteiger partial charge in [0.2, 0.25) is 11.2 Å². The normalized spacial score (nSPS) is 11.6. The predicted octanol–water partition coefficient (Wildman–Crippen LogP) is 1.02. The van der Waals surface area contributed by atoms with Crippen molar-refractivity contribution in [1.29, 1.82) is 0 Å². The van der Waals surface area contributed by atoms with Gasteiger partial charge in [0.15, 0.2) is 0 Å². The van der Waals surface area contributed by atoms with Crippen molar-refractivity contribution < 1.29 is 17.2 Å². The zero-order valence-corrected chi connectivity index (χ0v) is 9.61. The highest BCUT2D eigenvalue weighted by Gasteiger charge is 2.16. The van der Waals surface area contributed by atoms with Crippen LogP contribution < -0.4 is 9.61 Å². The first-order valence-electron chi connectivity index (χ1n) is 4.67. The molecule has 0 radical (unpaired) electrons. The Morgan fingerprint density at radius 2 is 1.94 bits per heavy atom. The number of H-pyrrole nitrogens is 1. The molecule has 2 rings (SSSR count). The number of aryl methyl sites for hydroxylation is 1. The summed E-state index contributed by atoms with van der Waals surface area (Å²) in [5, 5.41) is 0.289. The van der Waals surface area contributed by atoms with Gasteiger partial charge in [0.1, 0.15) is 0 Å². The predicted molar refractivity (Wildman–Crippen MR) is 61.5 cm³/mol. The lowest BCUT2D eigenvalue weighted by molar-refractivity contribution is 0.384. The molecule has 2 N–H and O–H groups in total. The average molecular weight is 255 g/mol. The van der Waals surface area contributed by atoms with E-state index in [0.717, 1.165) is 0 Å². The first-order chi connectivity index (χ1) is 7.88. The molecule has 1 aromatic heterocycles. The Morgan fingerprint density at radius 3 is 2.59 bits per heavy atom. The minimum Gasteiger partial charge on any atom is -0.356 e. The van der Waals surface area contributed by atoms with Gasteiger partial charge >= 0.3 is 10.4 Å². The van der Waals surface area contributed by atoms with Crippen molar-refractivity contribution in [2.75, 3.05) is 0 Å². The van der Waals surface area contributed by atoms with Crippen LogP contribution in [-0.4, -0.2) is 18.0 Å². The molecule has 0 aliphatic heterocycles. The molecule has 6 nitrogen and oxygen atoms in total. The molecular weight excluding hydrogens is 246 g/mol. The lowest BCUT2D eigenvalue weighted by Gasteiger charge is -2.06. The largest absolute Gasteiger partial charge is 0.446 e. The molecule has 1 heterocycles. The quantitative estimate of drug-likeness (QED) is 0.781. The van der Waals surface area contributed by atoms with Crippen LogP contribution in [0.3, 0.4) is 0 Å². The summed E-state index contributed by atoms with van der Waals surface area (Å²) in [6.45, 7) is 1.48. The molecule has 0 saturated heterocycles. The summed E-state index contributed by atoms with van der Waals surface area (Å²) >= 11 is 0. The van der Waals surface area contributed by atoms with Crippen molar-refractivity contribution in [3.63, 3.8) is 0 Å². The molecule has 0 aliphatic carbocycles. The molecule has 0 saturated carbocycles. The first-order valence-corrected chi connectivity index (χ1v) is 6.03. The van der Waals surface area contributed by atoms with E-state index in [1.165, 1.54) is 13.0 Å². The van der Waals surface area contributed by atoms with Crippen LogP contribution in [0.4, 0.5) is 0 Å². The number of fused-ring (bicyclic) bond motifs is 1. The van der Waals surface area contributed by atoms with E-state index in [-0.39, 0.29) is 11.1 Å². The van der Waals surface area contributed by atoms with Gasteiger partial charge in [0.25, 0.3) is 0 Å². The van der Waals surface area contributed by atoms with Gasteiger partial charge in [-0.05, 0) is 19.1 Å². The van der Waals surface area contributed by atoms with Crippen molar-refractivity contribution in [3.05, 3.63) is 40.2 Å². The zero-order valence-electron chi connectivity index (χ0n) is 8.80. The highest BCUT2D eigenvalue weighted by atomic mass is 32.3. The van der Waals surface area contributed by atoms with Crippen molar-refractivity contribution in [1.82, 2.24) is 4.98 Å². The summed E-state index contributed by atoms with van der Waals surface area (Å²) in [6, 6.07) is 6.59. The third-order valence-electron chi connectivity index (χ3n) is 2.23. The number of rotatable bonds is 2. The SMILES string of the molecule is Cc1[nH]c2ccccc2c(=O)c1OS(=O)(=O)O. The zero-order chi connectivity index (χ0) is 12.6. The molecule has 17 heavy (non-hydrogen) atoms. The molecule has 2 aromatic rings. The molecule has 7 heteroatoms. The van der Waals surface area contributed by atoms with E-state index in [1.54, 1.807) is 18.2 Å². The molecule has 90 valence electrons. The molecule has 0 atom stereocenters. The fourth-order valence-electron chi connectivity index (χ4n) is 1.55. The van der Waals surface area contributed by atoms with E-state index in [0.29, 0.717) is 5.52 Å². The van der Waals surface area contributed by atoms with Crippen LogP contribution in [0.2, 0.25) is 0 Å². The second-order valence-corrected chi connectivity index (χ2v) is 4.49. The molecule has 0 amide bonds. The third kappa shape index (κ3) is 2.29. The topological polar surface area (TPSA) is 96.5 Å². The van der Waals surface area contributed by atoms with Crippen LogP contribution in [0.15, 0.2) is 29.1 Å². The van der Waals surface area contributed by atoms with Crippen LogP contribution in [0.25, 0.3) is 10.9 Å². The van der Waals surface area contributed by atoms with Crippen LogP contribution in [0.1, 0.15) is 5.69 Å². The number of aromatic amines is 1. The van der Waals surface area contributed by atoms with Crippen LogP contribution in [-0.2, 0) is 10.4 Å². The number of pyridine rings is 1. The van der Waals surface area contributed by atoms with Gasteiger partial charge in [0, 0.05) is 10.9 Å². The smallest absolute Gasteiger partial charge is 0.356 e. The summed E-state index contributed by atoms with van der Waals surface area (Å²) in [5.41, 5.74) is 0.207. The van der Waals surface area contributed by atoms with E-state index < -0.39 is 21.6 Å². The number of hydrogen-bond acceptors (Lipinski definition) is 4. The maximum absolute atomic E-state index is 11.9. The average Bonchev–Trinajstić information content (AvgIpc) is 2.23. The van der Waals surface area contributed by atoms with E-state index in [9.17, 15) is 13.2 Å². The third-order valence-corrected chi connectivity index (χ3v) is 2.61. The van der Waals surface area contributed by atoms with Crippen molar-refractivity contribution >= 4 is 21.3 Å². The standard InChI is InChI=1S/C10H9NO5S/c1-6-10(16-17(13,14)15)9(12)7-4-2-3-5-8(7)11-6/h2-5H,1H3,(H,11,12)(H,13,14,15). The Morgan fingerprint density at radius 1 is 1.29 bits per heavy atom. The lowest BCUT2D eigenvalue weighted by Crippen LogP contribution is -2.16. The van der Waals surface area contributed by atoms with Crippen molar-refractivity contribution in [3.8, 4) is 5.75 Å². The summed E-state index contributed by atoms with van der Waals surface area (Å²) < 4.78 is 34.1. The van der Waals surface area contributed by atoms with E-state index in [1.807, 2.05) is 0 Å².